The summed E-state index contributed by atoms with van der Waals surface area (Å²) < 4.78 is 26.9. The van der Waals surface area contributed by atoms with E-state index in [1.165, 1.54) is 11.4 Å². The maximum atomic E-state index is 12.9. The van der Waals surface area contributed by atoms with Gasteiger partial charge < -0.3 is 10.2 Å². The Kier molecular flexibility index (Phi) is 6.98. The molecule has 1 N–H and O–H groups in total. The highest BCUT2D eigenvalue weighted by Gasteiger charge is 2.23. The second kappa shape index (κ2) is 9.01. The quantitative estimate of drug-likeness (QED) is 0.705. The number of carbonyl (C=O) groups excluding carboxylic acids is 1. The van der Waals surface area contributed by atoms with E-state index in [2.05, 4.69) is 10.2 Å². The molecule has 2 aromatic carbocycles. The van der Waals surface area contributed by atoms with Crippen LogP contribution in [0, 0.1) is 6.92 Å². The molecule has 2 aromatic rings. The molecule has 2 rings (SSSR count). The number of hydrogen-bond acceptors (Lipinski definition) is 4. The average molecular weight is 390 g/mol. The minimum Gasteiger partial charge on any atom is -0.352 e. The number of rotatable bonds is 8. The van der Waals surface area contributed by atoms with Crippen LogP contribution in [0.15, 0.2) is 53.4 Å². The molecule has 0 aromatic heterocycles. The Morgan fingerprint density at radius 1 is 1.04 bits per heavy atom. The molecule has 0 unspecified atom stereocenters. The molecule has 0 aliphatic rings. The first-order valence-corrected chi connectivity index (χ1v) is 10.2. The van der Waals surface area contributed by atoms with Gasteiger partial charge >= 0.3 is 0 Å². The minimum atomic E-state index is -3.69. The first-order chi connectivity index (χ1) is 12.7. The molecule has 0 aliphatic carbocycles. The lowest BCUT2D eigenvalue weighted by Crippen LogP contribution is -2.29. The number of aryl methyl sites for hydroxylation is 1. The number of anilines is 1. The van der Waals surface area contributed by atoms with Crippen LogP contribution in [0.5, 0.6) is 0 Å². The molecule has 0 bridgehead atoms. The van der Waals surface area contributed by atoms with Gasteiger partial charge in [-0.25, -0.2) is 8.42 Å². The first-order valence-electron chi connectivity index (χ1n) is 8.81. The van der Waals surface area contributed by atoms with Crippen LogP contribution in [-0.2, 0) is 10.0 Å². The largest absolute Gasteiger partial charge is 0.352 e. The lowest BCUT2D eigenvalue weighted by Gasteiger charge is -2.22. The lowest BCUT2D eigenvalue weighted by molar-refractivity contribution is 0.0952. The number of benzene rings is 2. The summed E-state index contributed by atoms with van der Waals surface area (Å²) >= 11 is 0. The Morgan fingerprint density at radius 3 is 2.33 bits per heavy atom. The fraction of sp³-hybridized carbons (Fsp3) is 0.350. The summed E-state index contributed by atoms with van der Waals surface area (Å²) in [6.07, 6.45) is 0.847. The zero-order chi connectivity index (χ0) is 20.0. The number of sulfonamides is 1. The summed E-state index contributed by atoms with van der Waals surface area (Å²) in [6.45, 7) is 3.28. The average Bonchev–Trinajstić information content (AvgIpc) is 2.65. The molecule has 1 amide bonds. The Balaban J connectivity index is 2.20. The fourth-order valence-electron chi connectivity index (χ4n) is 2.67. The van der Waals surface area contributed by atoms with Gasteiger partial charge in [0.2, 0.25) is 0 Å². The van der Waals surface area contributed by atoms with Crippen molar-refractivity contribution in [3.8, 4) is 0 Å². The Hall–Kier alpha value is -2.38. The van der Waals surface area contributed by atoms with Crippen molar-refractivity contribution in [2.75, 3.05) is 38.5 Å². The molecular weight excluding hydrogens is 362 g/mol. The van der Waals surface area contributed by atoms with Crippen LogP contribution in [-0.4, -0.2) is 53.5 Å². The fourth-order valence-corrected chi connectivity index (χ4v) is 3.94. The molecule has 0 aliphatic heterocycles. The van der Waals surface area contributed by atoms with Crippen LogP contribution in [0.4, 0.5) is 5.69 Å². The van der Waals surface area contributed by atoms with Crippen molar-refractivity contribution in [3.05, 3.63) is 59.7 Å². The highest BCUT2D eigenvalue weighted by molar-refractivity contribution is 7.92. The summed E-state index contributed by atoms with van der Waals surface area (Å²) in [5, 5.41) is 2.88. The number of amides is 1. The van der Waals surface area contributed by atoms with E-state index in [1.807, 2.05) is 21.0 Å². The summed E-state index contributed by atoms with van der Waals surface area (Å²) in [4.78, 5) is 14.7. The van der Waals surface area contributed by atoms with Crippen LogP contribution in [0.3, 0.4) is 0 Å². The smallest absolute Gasteiger partial charge is 0.264 e. The molecule has 0 saturated heterocycles. The zero-order valence-electron chi connectivity index (χ0n) is 16.3. The third-order valence-electron chi connectivity index (χ3n) is 4.28. The topological polar surface area (TPSA) is 69.7 Å². The van der Waals surface area contributed by atoms with Crippen molar-refractivity contribution in [1.82, 2.24) is 10.2 Å². The van der Waals surface area contributed by atoms with Crippen molar-refractivity contribution in [2.45, 2.75) is 18.2 Å². The number of nitrogens with one attached hydrogen (secondary N) is 1. The predicted octanol–water partition coefficient (Wildman–Crippen LogP) is 2.50. The molecule has 27 heavy (non-hydrogen) atoms. The minimum absolute atomic E-state index is 0.208. The molecule has 0 atom stereocenters. The van der Waals surface area contributed by atoms with Crippen LogP contribution >= 0.6 is 0 Å². The standard InChI is InChI=1S/C20H27N3O3S/c1-16-11-12-17(20(24)21-13-8-14-22(2)3)15-19(16)23(4)27(25,26)18-9-6-5-7-10-18/h5-7,9-12,15H,8,13-14H2,1-4H3,(H,21,24). The maximum absolute atomic E-state index is 12.9. The third-order valence-corrected chi connectivity index (χ3v) is 6.07. The van der Waals surface area contributed by atoms with Gasteiger partial charge in [-0.05, 0) is 63.8 Å². The van der Waals surface area contributed by atoms with Gasteiger partial charge in [-0.1, -0.05) is 24.3 Å². The summed E-state index contributed by atoms with van der Waals surface area (Å²) in [7, 11) is 1.78. The van der Waals surface area contributed by atoms with Gasteiger partial charge in [0.1, 0.15) is 0 Å². The van der Waals surface area contributed by atoms with Crippen LogP contribution in [0.25, 0.3) is 0 Å². The summed E-state index contributed by atoms with van der Waals surface area (Å²) in [5.41, 5.74) is 1.71. The Bertz CT molecular complexity index is 881. The van der Waals surface area contributed by atoms with Gasteiger partial charge in [0.25, 0.3) is 15.9 Å². The van der Waals surface area contributed by atoms with E-state index in [-0.39, 0.29) is 10.8 Å². The van der Waals surface area contributed by atoms with Gasteiger partial charge in [0, 0.05) is 19.2 Å². The van der Waals surface area contributed by atoms with Gasteiger partial charge in [-0.15, -0.1) is 0 Å². The predicted molar refractivity (Wildman–Crippen MR) is 109 cm³/mol. The maximum Gasteiger partial charge on any atom is 0.264 e. The molecule has 0 fully saturated rings. The van der Waals surface area contributed by atoms with Gasteiger partial charge in [0.15, 0.2) is 0 Å². The van der Waals surface area contributed by atoms with E-state index in [1.54, 1.807) is 48.5 Å². The molecule has 7 heteroatoms. The van der Waals surface area contributed by atoms with Crippen LogP contribution < -0.4 is 9.62 Å². The van der Waals surface area contributed by atoms with Crippen molar-refractivity contribution in [2.24, 2.45) is 0 Å². The molecule has 0 radical (unpaired) electrons. The molecule has 0 spiro atoms. The molecule has 6 nitrogen and oxygen atoms in total. The Morgan fingerprint density at radius 2 is 1.70 bits per heavy atom. The second-order valence-corrected chi connectivity index (χ2v) is 8.67. The van der Waals surface area contributed by atoms with E-state index in [9.17, 15) is 13.2 Å². The van der Waals surface area contributed by atoms with Crippen LogP contribution in [0.1, 0.15) is 22.3 Å². The summed E-state index contributed by atoms with van der Waals surface area (Å²) in [5.74, 6) is -0.208. The van der Waals surface area contributed by atoms with Crippen molar-refractivity contribution in [1.29, 1.82) is 0 Å². The SMILES string of the molecule is Cc1ccc(C(=O)NCCCN(C)C)cc1N(C)S(=O)(=O)c1ccccc1. The molecule has 146 valence electrons. The van der Waals surface area contributed by atoms with Gasteiger partial charge in [0.05, 0.1) is 10.6 Å². The van der Waals surface area contributed by atoms with E-state index < -0.39 is 10.0 Å². The van der Waals surface area contributed by atoms with E-state index in [0.29, 0.717) is 17.8 Å². The number of nitrogens with zero attached hydrogens (tertiary/aromatic N) is 2. The highest BCUT2D eigenvalue weighted by Crippen LogP contribution is 2.26. The normalized spacial score (nSPS) is 11.4. The third kappa shape index (κ3) is 5.30. The van der Waals surface area contributed by atoms with Crippen LogP contribution in [0.2, 0.25) is 0 Å². The Labute approximate surface area is 161 Å². The first kappa shape index (κ1) is 20.9. The van der Waals surface area contributed by atoms with Gasteiger partial charge in [-0.3, -0.25) is 9.10 Å². The van der Waals surface area contributed by atoms with E-state index in [4.69, 9.17) is 0 Å². The van der Waals surface area contributed by atoms with E-state index in [0.717, 1.165) is 18.5 Å². The van der Waals surface area contributed by atoms with Crippen molar-refractivity contribution in [3.63, 3.8) is 0 Å². The number of carbonyl (C=O) groups is 1. The molecular formula is C20H27N3O3S. The molecule has 0 saturated carbocycles. The second-order valence-electron chi connectivity index (χ2n) is 6.70. The van der Waals surface area contributed by atoms with Crippen molar-refractivity contribution >= 4 is 21.6 Å². The number of hydrogen-bond donors (Lipinski definition) is 1. The highest BCUT2D eigenvalue weighted by atomic mass is 32.2. The van der Waals surface area contributed by atoms with E-state index >= 15 is 0 Å². The lowest BCUT2D eigenvalue weighted by atomic mass is 10.1. The zero-order valence-corrected chi connectivity index (χ0v) is 17.1. The molecule has 0 heterocycles. The monoisotopic (exact) mass is 389 g/mol. The van der Waals surface area contributed by atoms with Crippen molar-refractivity contribution < 1.29 is 13.2 Å². The summed E-state index contributed by atoms with van der Waals surface area (Å²) in [6, 6.07) is 13.4. The van der Waals surface area contributed by atoms with Gasteiger partial charge in [-0.2, -0.15) is 0 Å².